The van der Waals surface area contributed by atoms with Gasteiger partial charge in [0.2, 0.25) is 15.2 Å². The van der Waals surface area contributed by atoms with E-state index in [1.807, 2.05) is 19.0 Å². The minimum atomic E-state index is -3.74. The fourth-order valence-electron chi connectivity index (χ4n) is 1.32. The first-order valence-corrected chi connectivity index (χ1v) is 8.56. The summed E-state index contributed by atoms with van der Waals surface area (Å²) in [6, 6.07) is 4.37. The molecular formula is C10H13N5O2S3. The van der Waals surface area contributed by atoms with Gasteiger partial charge in [0.15, 0.2) is 4.34 Å². The van der Waals surface area contributed by atoms with E-state index in [-0.39, 0.29) is 4.90 Å². The summed E-state index contributed by atoms with van der Waals surface area (Å²) >= 11 is 2.75. The smallest absolute Gasteiger partial charge is 0.238 e. The highest BCUT2D eigenvalue weighted by Crippen LogP contribution is 2.36. The summed E-state index contributed by atoms with van der Waals surface area (Å²) < 4.78 is 23.2. The van der Waals surface area contributed by atoms with Gasteiger partial charge in [-0.2, -0.15) is 0 Å². The first-order valence-electron chi connectivity index (χ1n) is 5.38. The lowest BCUT2D eigenvalue weighted by Gasteiger charge is -2.05. The van der Waals surface area contributed by atoms with Crippen molar-refractivity contribution in [3.8, 4) is 0 Å². The van der Waals surface area contributed by atoms with Crippen LogP contribution in [-0.2, 0) is 10.0 Å². The normalized spacial score (nSPS) is 11.6. The number of nitrogen functional groups attached to an aromatic ring is 1. The van der Waals surface area contributed by atoms with Gasteiger partial charge in [0.1, 0.15) is 0 Å². The lowest BCUT2D eigenvalue weighted by Crippen LogP contribution is -2.12. The molecule has 1 heterocycles. The Kier molecular flexibility index (Phi) is 4.18. The predicted octanol–water partition coefficient (Wildman–Crippen LogP) is 0.985. The van der Waals surface area contributed by atoms with E-state index in [9.17, 15) is 8.42 Å². The van der Waals surface area contributed by atoms with Crippen molar-refractivity contribution in [2.45, 2.75) is 14.1 Å². The Morgan fingerprint density at radius 3 is 2.50 bits per heavy atom. The van der Waals surface area contributed by atoms with Gasteiger partial charge in [-0.25, -0.2) is 13.6 Å². The third kappa shape index (κ3) is 3.39. The van der Waals surface area contributed by atoms with Crippen LogP contribution in [0.15, 0.2) is 32.3 Å². The van der Waals surface area contributed by atoms with Gasteiger partial charge >= 0.3 is 0 Å². The van der Waals surface area contributed by atoms with Crippen molar-refractivity contribution in [2.24, 2.45) is 5.14 Å². The van der Waals surface area contributed by atoms with E-state index >= 15 is 0 Å². The molecule has 0 unspecified atom stereocenters. The first-order chi connectivity index (χ1) is 9.27. The average molecular weight is 331 g/mol. The van der Waals surface area contributed by atoms with Gasteiger partial charge in [0, 0.05) is 24.7 Å². The van der Waals surface area contributed by atoms with Crippen molar-refractivity contribution in [1.29, 1.82) is 0 Å². The van der Waals surface area contributed by atoms with Crippen molar-refractivity contribution < 1.29 is 8.42 Å². The molecule has 0 saturated heterocycles. The zero-order valence-corrected chi connectivity index (χ0v) is 13.2. The molecule has 0 radical (unpaired) electrons. The number of anilines is 2. The van der Waals surface area contributed by atoms with Crippen LogP contribution in [0.1, 0.15) is 0 Å². The number of hydrogen-bond acceptors (Lipinski definition) is 8. The van der Waals surface area contributed by atoms with Crippen LogP contribution in [0, 0.1) is 0 Å². The zero-order valence-electron chi connectivity index (χ0n) is 10.8. The molecule has 0 fully saturated rings. The Labute approximate surface area is 125 Å². The summed E-state index contributed by atoms with van der Waals surface area (Å²) in [4.78, 5) is 2.55. The van der Waals surface area contributed by atoms with Gasteiger partial charge in [-0.3, -0.25) is 0 Å². The number of primary sulfonamides is 1. The summed E-state index contributed by atoms with van der Waals surface area (Å²) in [5.74, 6) is 0. The van der Waals surface area contributed by atoms with E-state index in [0.29, 0.717) is 10.6 Å². The molecule has 0 amide bonds. The van der Waals surface area contributed by atoms with Crippen molar-refractivity contribution in [2.75, 3.05) is 24.7 Å². The Bertz CT molecular complexity index is 726. The molecule has 2 rings (SSSR count). The number of benzene rings is 1. The molecule has 0 aliphatic heterocycles. The molecular weight excluding hydrogens is 318 g/mol. The molecule has 7 nitrogen and oxygen atoms in total. The van der Waals surface area contributed by atoms with Crippen LogP contribution in [0.2, 0.25) is 0 Å². The number of nitrogens with two attached hydrogens (primary N) is 2. The monoisotopic (exact) mass is 331 g/mol. The average Bonchev–Trinajstić information content (AvgIpc) is 2.79. The molecule has 0 saturated carbocycles. The fraction of sp³-hybridized carbons (Fsp3) is 0.200. The Hall–Kier alpha value is -1.36. The second kappa shape index (κ2) is 5.56. The van der Waals surface area contributed by atoms with Gasteiger partial charge in [-0.1, -0.05) is 23.1 Å². The molecule has 20 heavy (non-hydrogen) atoms. The van der Waals surface area contributed by atoms with Crippen LogP contribution >= 0.6 is 23.1 Å². The van der Waals surface area contributed by atoms with E-state index in [1.165, 1.54) is 35.2 Å². The lowest BCUT2D eigenvalue weighted by atomic mass is 10.3. The van der Waals surface area contributed by atoms with Crippen LogP contribution in [0.25, 0.3) is 0 Å². The third-order valence-electron chi connectivity index (χ3n) is 2.29. The molecule has 0 atom stereocenters. The summed E-state index contributed by atoms with van der Waals surface area (Å²) in [7, 11) is 0.0150. The van der Waals surface area contributed by atoms with Crippen molar-refractivity contribution in [3.05, 3.63) is 18.2 Å². The Morgan fingerprint density at radius 1 is 1.30 bits per heavy atom. The molecule has 10 heteroatoms. The van der Waals surface area contributed by atoms with E-state index in [0.717, 1.165) is 9.47 Å². The molecule has 1 aromatic heterocycles. The molecule has 0 spiro atoms. The number of hydrogen-bond donors (Lipinski definition) is 2. The molecule has 108 valence electrons. The number of aromatic nitrogens is 2. The van der Waals surface area contributed by atoms with Gasteiger partial charge in [-0.05, 0) is 18.2 Å². The van der Waals surface area contributed by atoms with E-state index in [4.69, 9.17) is 10.9 Å². The van der Waals surface area contributed by atoms with Crippen LogP contribution in [-0.4, -0.2) is 32.7 Å². The Morgan fingerprint density at radius 2 is 2.00 bits per heavy atom. The van der Waals surface area contributed by atoms with Crippen LogP contribution in [0.3, 0.4) is 0 Å². The van der Waals surface area contributed by atoms with Crippen LogP contribution in [0.4, 0.5) is 10.8 Å². The molecule has 1 aromatic carbocycles. The molecule has 4 N–H and O–H groups in total. The molecule has 0 aliphatic rings. The van der Waals surface area contributed by atoms with Crippen molar-refractivity contribution in [3.63, 3.8) is 0 Å². The van der Waals surface area contributed by atoms with Crippen molar-refractivity contribution >= 4 is 43.9 Å². The van der Waals surface area contributed by atoms with Gasteiger partial charge in [-0.15, -0.1) is 10.2 Å². The number of rotatable bonds is 4. The SMILES string of the molecule is CN(C)c1nnc(Sc2ccc(S(N)(=O)=O)cc2N)s1. The number of nitrogens with zero attached hydrogens (tertiary/aromatic N) is 3. The zero-order chi connectivity index (χ0) is 14.9. The highest BCUT2D eigenvalue weighted by molar-refractivity contribution is 8.01. The molecule has 0 aliphatic carbocycles. The Balaban J connectivity index is 2.25. The van der Waals surface area contributed by atoms with Gasteiger partial charge < -0.3 is 10.6 Å². The predicted molar refractivity (Wildman–Crippen MR) is 80.6 cm³/mol. The molecule has 2 aromatic rings. The summed E-state index contributed by atoms with van der Waals surface area (Å²) in [5, 5.41) is 13.9. The van der Waals surface area contributed by atoms with Gasteiger partial charge in [0.05, 0.1) is 4.90 Å². The quantitative estimate of drug-likeness (QED) is 0.802. The topological polar surface area (TPSA) is 115 Å². The number of sulfonamides is 1. The largest absolute Gasteiger partial charge is 0.398 e. The second-order valence-corrected chi connectivity index (χ2v) is 7.90. The lowest BCUT2D eigenvalue weighted by molar-refractivity contribution is 0.598. The van der Waals surface area contributed by atoms with Crippen LogP contribution < -0.4 is 15.8 Å². The van der Waals surface area contributed by atoms with E-state index in [2.05, 4.69) is 10.2 Å². The van der Waals surface area contributed by atoms with Crippen molar-refractivity contribution in [1.82, 2.24) is 10.2 Å². The summed E-state index contributed by atoms with van der Waals surface area (Å²) in [5.41, 5.74) is 6.17. The minimum absolute atomic E-state index is 0.00871. The highest BCUT2D eigenvalue weighted by Gasteiger charge is 2.13. The highest BCUT2D eigenvalue weighted by atomic mass is 32.2. The minimum Gasteiger partial charge on any atom is -0.398 e. The van der Waals surface area contributed by atoms with E-state index in [1.54, 1.807) is 6.07 Å². The molecule has 0 bridgehead atoms. The maximum Gasteiger partial charge on any atom is 0.238 e. The van der Waals surface area contributed by atoms with Gasteiger partial charge in [0.25, 0.3) is 0 Å². The third-order valence-corrected chi connectivity index (χ3v) is 5.43. The maximum atomic E-state index is 11.2. The van der Waals surface area contributed by atoms with E-state index < -0.39 is 10.0 Å². The summed E-state index contributed by atoms with van der Waals surface area (Å²) in [6.45, 7) is 0. The fourth-order valence-corrected chi connectivity index (χ4v) is 3.61. The summed E-state index contributed by atoms with van der Waals surface area (Å²) in [6.07, 6.45) is 0. The second-order valence-electron chi connectivity index (χ2n) is 4.09. The first kappa shape index (κ1) is 15.0. The standard InChI is InChI=1S/C10H13N5O2S3/c1-15(2)9-13-14-10(19-9)18-8-4-3-6(5-7(8)11)20(12,16)17/h3-5H,11H2,1-2H3,(H2,12,16,17). The maximum absolute atomic E-state index is 11.2. The van der Waals surface area contributed by atoms with Crippen LogP contribution in [0.5, 0.6) is 0 Å².